The van der Waals surface area contributed by atoms with E-state index in [1.54, 1.807) is 0 Å². The van der Waals surface area contributed by atoms with Crippen molar-refractivity contribution in [3.63, 3.8) is 0 Å². The predicted octanol–water partition coefficient (Wildman–Crippen LogP) is 9.44. The molecule has 0 saturated heterocycles. The first-order chi connectivity index (χ1) is 17.7. The summed E-state index contributed by atoms with van der Waals surface area (Å²) < 4.78 is 12.2. The molecule has 2 N–H and O–H groups in total. The molecule has 2 heterocycles. The van der Waals surface area contributed by atoms with E-state index in [0.29, 0.717) is 5.92 Å². The molecule has 194 valence electrons. The van der Waals surface area contributed by atoms with E-state index < -0.39 is 0 Å². The maximum atomic E-state index is 6.12. The summed E-state index contributed by atoms with van der Waals surface area (Å²) in [5.74, 6) is 4.01. The van der Waals surface area contributed by atoms with Gasteiger partial charge in [0.25, 0.3) is 0 Å². The van der Waals surface area contributed by atoms with Gasteiger partial charge >= 0.3 is 0 Å². The van der Waals surface area contributed by atoms with Crippen LogP contribution in [-0.4, -0.2) is 11.1 Å². The summed E-state index contributed by atoms with van der Waals surface area (Å²) in [4.78, 5) is 0. The first-order valence-corrected chi connectivity index (χ1v) is 13.7. The normalized spacial score (nSPS) is 20.2. The van der Waals surface area contributed by atoms with Crippen LogP contribution in [0, 0.1) is 5.92 Å². The first kappa shape index (κ1) is 26.0. The van der Waals surface area contributed by atoms with Gasteiger partial charge < -0.3 is 19.5 Å². The van der Waals surface area contributed by atoms with E-state index in [1.165, 1.54) is 0 Å². The van der Waals surface area contributed by atoms with E-state index in [-0.39, 0.29) is 11.1 Å². The molecular formula is C31H34Cl2N2O2. The summed E-state index contributed by atoms with van der Waals surface area (Å²) in [6.07, 6.45) is 4.51. The molecule has 6 heteroatoms. The second-order valence-electron chi connectivity index (χ2n) is 11.0. The molecule has 0 unspecified atom stereocenters. The van der Waals surface area contributed by atoms with Gasteiger partial charge in [-0.15, -0.1) is 0 Å². The molecule has 0 bridgehead atoms. The third kappa shape index (κ3) is 6.26. The number of rotatable bonds is 8. The largest absolute Gasteiger partial charge is 0.460 e. The van der Waals surface area contributed by atoms with Gasteiger partial charge in [-0.25, -0.2) is 0 Å². The highest BCUT2D eigenvalue weighted by Crippen LogP contribution is 2.40. The number of hydrogen-bond donors (Lipinski definition) is 2. The highest BCUT2D eigenvalue weighted by molar-refractivity contribution is 6.30. The molecule has 0 amide bonds. The van der Waals surface area contributed by atoms with Crippen molar-refractivity contribution in [3.8, 4) is 22.6 Å². The SMILES string of the molecule is CC1(NCc2ccc(-c3ccc(Cl)cc3)o2)CCC(C(C)(C)Nc2ccc(-c3ccc(Cl)cc3)o2)CC1. The summed E-state index contributed by atoms with van der Waals surface area (Å²) in [6.45, 7) is 7.60. The van der Waals surface area contributed by atoms with Crippen LogP contribution < -0.4 is 10.6 Å². The van der Waals surface area contributed by atoms with E-state index in [4.69, 9.17) is 32.0 Å². The topological polar surface area (TPSA) is 50.3 Å². The Labute approximate surface area is 229 Å². The molecule has 4 aromatic rings. The third-order valence-corrected chi connectivity index (χ3v) is 8.27. The molecule has 1 saturated carbocycles. The Balaban J connectivity index is 1.14. The molecule has 0 atom stereocenters. The molecule has 0 aliphatic heterocycles. The Morgan fingerprint density at radius 1 is 0.784 bits per heavy atom. The Bertz CT molecular complexity index is 1310. The molecule has 2 aromatic heterocycles. The van der Waals surface area contributed by atoms with Crippen LogP contribution in [0.2, 0.25) is 10.0 Å². The van der Waals surface area contributed by atoms with E-state index in [2.05, 4.69) is 37.5 Å². The smallest absolute Gasteiger partial charge is 0.193 e. The van der Waals surface area contributed by atoms with Crippen LogP contribution in [0.5, 0.6) is 0 Å². The van der Waals surface area contributed by atoms with Crippen molar-refractivity contribution < 1.29 is 8.83 Å². The number of anilines is 1. The highest BCUT2D eigenvalue weighted by atomic mass is 35.5. The Hall–Kier alpha value is -2.66. The van der Waals surface area contributed by atoms with Crippen LogP contribution in [0.1, 0.15) is 52.2 Å². The Kier molecular flexibility index (Phi) is 7.44. The lowest BCUT2D eigenvalue weighted by molar-refractivity contribution is 0.162. The van der Waals surface area contributed by atoms with Gasteiger partial charge in [-0.05, 0) is 119 Å². The fraction of sp³-hybridized carbons (Fsp3) is 0.355. The zero-order valence-electron chi connectivity index (χ0n) is 21.6. The predicted molar refractivity (Wildman–Crippen MR) is 153 cm³/mol. The van der Waals surface area contributed by atoms with E-state index in [0.717, 1.165) is 76.6 Å². The van der Waals surface area contributed by atoms with Crippen LogP contribution in [0.15, 0.2) is 81.6 Å². The lowest BCUT2D eigenvalue weighted by Gasteiger charge is -2.44. The van der Waals surface area contributed by atoms with Crippen LogP contribution in [-0.2, 0) is 6.54 Å². The van der Waals surface area contributed by atoms with Crippen LogP contribution >= 0.6 is 23.2 Å². The minimum atomic E-state index is -0.0784. The molecule has 0 spiro atoms. The zero-order chi connectivity index (χ0) is 26.0. The van der Waals surface area contributed by atoms with Crippen molar-refractivity contribution in [1.29, 1.82) is 0 Å². The molecule has 4 nitrogen and oxygen atoms in total. The second kappa shape index (κ2) is 10.6. The van der Waals surface area contributed by atoms with Crippen molar-refractivity contribution in [1.82, 2.24) is 5.32 Å². The van der Waals surface area contributed by atoms with Crippen molar-refractivity contribution in [3.05, 3.63) is 88.6 Å². The van der Waals surface area contributed by atoms with Crippen LogP contribution in [0.25, 0.3) is 22.6 Å². The molecule has 2 aromatic carbocycles. The summed E-state index contributed by atoms with van der Waals surface area (Å²) in [5.41, 5.74) is 2.07. The van der Waals surface area contributed by atoms with Gasteiger partial charge in [0.2, 0.25) is 0 Å². The summed E-state index contributed by atoms with van der Waals surface area (Å²) in [5, 5.41) is 8.88. The minimum Gasteiger partial charge on any atom is -0.460 e. The highest BCUT2D eigenvalue weighted by Gasteiger charge is 2.38. The van der Waals surface area contributed by atoms with Crippen molar-refractivity contribution in [2.45, 2.75) is 64.1 Å². The number of furan rings is 2. The van der Waals surface area contributed by atoms with Gasteiger partial charge in [-0.3, -0.25) is 0 Å². The fourth-order valence-electron chi connectivity index (χ4n) is 5.29. The standard InChI is InChI=1S/C31H34Cl2N2O2/c1-30(2,35-29-15-14-28(37-29)22-6-10-25(33)11-7-22)23-16-18-31(3,19-17-23)34-20-26-12-13-27(36-26)21-4-8-24(32)9-5-21/h4-15,23,34-35H,16-20H2,1-3H3. The van der Waals surface area contributed by atoms with Gasteiger partial charge in [-0.2, -0.15) is 0 Å². The number of benzene rings is 2. The molecule has 37 heavy (non-hydrogen) atoms. The molecule has 1 aliphatic rings. The molecule has 1 aliphatic carbocycles. The Morgan fingerprint density at radius 3 is 1.92 bits per heavy atom. The second-order valence-corrected chi connectivity index (χ2v) is 11.9. The lowest BCUT2D eigenvalue weighted by Crippen LogP contribution is -2.49. The first-order valence-electron chi connectivity index (χ1n) is 12.9. The van der Waals surface area contributed by atoms with Crippen molar-refractivity contribution in [2.24, 2.45) is 5.92 Å². The van der Waals surface area contributed by atoms with Gasteiger partial charge in [0.1, 0.15) is 17.3 Å². The van der Waals surface area contributed by atoms with Gasteiger partial charge in [0.05, 0.1) is 6.54 Å². The summed E-state index contributed by atoms with van der Waals surface area (Å²) in [7, 11) is 0. The minimum absolute atomic E-state index is 0.0784. The average molecular weight is 538 g/mol. The van der Waals surface area contributed by atoms with Crippen LogP contribution in [0.4, 0.5) is 5.88 Å². The van der Waals surface area contributed by atoms with E-state index >= 15 is 0 Å². The van der Waals surface area contributed by atoms with Gasteiger partial charge in [0.15, 0.2) is 5.88 Å². The lowest BCUT2D eigenvalue weighted by atomic mass is 9.70. The van der Waals surface area contributed by atoms with Crippen molar-refractivity contribution >= 4 is 29.1 Å². The zero-order valence-corrected chi connectivity index (χ0v) is 23.1. The molecular weight excluding hydrogens is 503 g/mol. The van der Waals surface area contributed by atoms with E-state index in [9.17, 15) is 0 Å². The number of halogens is 2. The number of hydrogen-bond acceptors (Lipinski definition) is 4. The number of nitrogens with one attached hydrogen (secondary N) is 2. The maximum Gasteiger partial charge on any atom is 0.193 e. The van der Waals surface area contributed by atoms with E-state index in [1.807, 2.05) is 66.7 Å². The van der Waals surface area contributed by atoms with Gasteiger partial charge in [-0.1, -0.05) is 23.2 Å². The summed E-state index contributed by atoms with van der Waals surface area (Å²) >= 11 is 12.0. The molecule has 5 rings (SSSR count). The van der Waals surface area contributed by atoms with Gasteiger partial charge in [0, 0.05) is 38.3 Å². The van der Waals surface area contributed by atoms with Crippen LogP contribution in [0.3, 0.4) is 0 Å². The monoisotopic (exact) mass is 536 g/mol. The quantitative estimate of drug-likeness (QED) is 0.235. The Morgan fingerprint density at radius 2 is 1.32 bits per heavy atom. The summed E-state index contributed by atoms with van der Waals surface area (Å²) in [6, 6.07) is 23.6. The third-order valence-electron chi connectivity index (χ3n) is 7.77. The fourth-order valence-corrected chi connectivity index (χ4v) is 5.54. The maximum absolute atomic E-state index is 6.12. The molecule has 0 radical (unpaired) electrons. The van der Waals surface area contributed by atoms with Crippen molar-refractivity contribution in [2.75, 3.05) is 5.32 Å². The average Bonchev–Trinajstić information content (AvgIpc) is 3.54. The molecule has 1 fully saturated rings.